The number of fused-ring (bicyclic) bond motifs is 4. The maximum Gasteiger partial charge on any atom is 0.333 e. The van der Waals surface area contributed by atoms with Gasteiger partial charge < -0.3 is 56.4 Å². The number of aryl methyl sites for hydroxylation is 2. The molecule has 2 N–H and O–H groups in total. The van der Waals surface area contributed by atoms with Gasteiger partial charge in [0.15, 0.2) is 17.0 Å². The molecule has 3 aliphatic rings. The van der Waals surface area contributed by atoms with Gasteiger partial charge in [-0.05, 0) is 128 Å². The molecule has 568 valence electrons. The Morgan fingerprint density at radius 3 is 1.88 bits per heavy atom. The monoisotopic (exact) mass is 1520 g/mol. The number of aromatic amines is 1. The molecule has 6 aromatic carbocycles. The second kappa shape index (κ2) is 37.1. The Morgan fingerprint density at radius 2 is 1.26 bits per heavy atom. The van der Waals surface area contributed by atoms with Gasteiger partial charge in [-0.2, -0.15) is 10.5 Å². The summed E-state index contributed by atoms with van der Waals surface area (Å²) in [5.74, 6) is 0.553. The van der Waals surface area contributed by atoms with Crippen LogP contribution in [0.5, 0.6) is 11.5 Å². The summed E-state index contributed by atoms with van der Waals surface area (Å²) >= 11 is 0. The zero-order chi connectivity index (χ0) is 76.6. The number of carbonyl (C=O) groups is 3. The SMILES string of the molecule is COc1ccc(C(OCC2OC(n3cnc4c(NC(=O)c5ccc(CCC(=O)CCCC(=O)OCC6c7ccccc7-c7ccccc76)cc5)ncnc43)CC2OP(OCCC#N)OCC2OC(n3cc(C)c(=O)[nH]c3=O)CC2OP(OCCC#N)N(C(C)C)C(C)C)(c2ccccc2)c2ccc(OC)cc2)cc1. The van der Waals surface area contributed by atoms with Gasteiger partial charge in [0.25, 0.3) is 20.0 Å². The van der Waals surface area contributed by atoms with Crippen LogP contribution in [0.25, 0.3) is 22.3 Å². The number of amides is 1. The third-order valence-corrected chi connectivity index (χ3v) is 22.7. The molecule has 5 heterocycles. The van der Waals surface area contributed by atoms with Crippen LogP contribution in [0.3, 0.4) is 0 Å². The van der Waals surface area contributed by atoms with Crippen molar-refractivity contribution >= 4 is 51.8 Å². The van der Waals surface area contributed by atoms with Crippen LogP contribution in [0.2, 0.25) is 0 Å². The number of Topliss-reactive ketones (excluding diaryl/α,β-unsaturated/α-hetero) is 1. The quantitative estimate of drug-likeness (QED) is 0.0158. The molecule has 8 atom stereocenters. The van der Waals surface area contributed by atoms with Gasteiger partial charge in [-0.25, -0.2) is 24.4 Å². The number of methoxy groups -OCH3 is 2. The van der Waals surface area contributed by atoms with Crippen molar-refractivity contribution in [2.24, 2.45) is 0 Å². The molecule has 1 amide bonds. The van der Waals surface area contributed by atoms with Gasteiger partial charge in [0.05, 0.1) is 84.2 Å². The molecule has 8 unspecified atom stereocenters. The van der Waals surface area contributed by atoms with E-state index in [0.717, 1.165) is 44.5 Å². The number of nitrogens with zero attached hydrogens (tertiary/aromatic N) is 8. The molecule has 1 aliphatic carbocycles. The van der Waals surface area contributed by atoms with Gasteiger partial charge in [0.1, 0.15) is 60.5 Å². The van der Waals surface area contributed by atoms with Gasteiger partial charge in [-0.3, -0.25) is 33.3 Å². The molecule has 0 spiro atoms. The van der Waals surface area contributed by atoms with E-state index in [2.05, 4.69) is 61.3 Å². The third-order valence-electron chi connectivity index (χ3n) is 19.3. The second-order valence-electron chi connectivity index (χ2n) is 27.1. The van der Waals surface area contributed by atoms with Gasteiger partial charge in [0, 0.05) is 67.4 Å². The molecule has 0 radical (unpaired) electrons. The van der Waals surface area contributed by atoms with E-state index in [4.69, 9.17) is 56.0 Å². The van der Waals surface area contributed by atoms with Crippen molar-refractivity contribution in [3.8, 4) is 34.8 Å². The molecule has 3 aromatic heterocycles. The summed E-state index contributed by atoms with van der Waals surface area (Å²) in [6.07, 6.45) is 0.706. The molecule has 2 fully saturated rings. The predicted octanol–water partition coefficient (Wildman–Crippen LogP) is 13.8. The van der Waals surface area contributed by atoms with E-state index in [9.17, 15) is 34.5 Å². The number of H-pyrrole nitrogens is 1. The molecule has 109 heavy (non-hydrogen) atoms. The Balaban J connectivity index is 0.775. The van der Waals surface area contributed by atoms with Crippen LogP contribution in [-0.2, 0) is 63.2 Å². The molecule has 9 aromatic rings. The summed E-state index contributed by atoms with van der Waals surface area (Å²) in [6, 6.07) is 52.5. The predicted molar refractivity (Wildman–Crippen MR) is 407 cm³/mol. The average molecular weight is 1520 g/mol. The van der Waals surface area contributed by atoms with E-state index in [0.29, 0.717) is 35.6 Å². The number of aromatic nitrogens is 6. The first-order valence-electron chi connectivity index (χ1n) is 36.4. The summed E-state index contributed by atoms with van der Waals surface area (Å²) in [7, 11) is -1.06. The Morgan fingerprint density at radius 1 is 0.670 bits per heavy atom. The van der Waals surface area contributed by atoms with Crippen molar-refractivity contribution in [2.45, 2.75) is 153 Å². The van der Waals surface area contributed by atoms with Crippen molar-refractivity contribution in [1.29, 1.82) is 10.5 Å². The molecule has 12 rings (SSSR count). The first-order chi connectivity index (χ1) is 53.0. The van der Waals surface area contributed by atoms with Crippen LogP contribution >= 0.6 is 17.1 Å². The minimum absolute atomic E-state index is 0.0171. The van der Waals surface area contributed by atoms with E-state index in [1.807, 2.05) is 131 Å². The maximum absolute atomic E-state index is 14.1. The highest BCUT2D eigenvalue weighted by Gasteiger charge is 2.47. The number of ether oxygens (including phenoxy) is 6. The number of anilines is 1. The maximum atomic E-state index is 14.1. The van der Waals surface area contributed by atoms with Crippen molar-refractivity contribution in [3.05, 3.63) is 236 Å². The van der Waals surface area contributed by atoms with Gasteiger partial charge in [-0.1, -0.05) is 115 Å². The number of hydrogen-bond acceptors (Lipinski definition) is 22. The minimum Gasteiger partial charge on any atom is -0.497 e. The van der Waals surface area contributed by atoms with Crippen molar-refractivity contribution in [2.75, 3.05) is 52.6 Å². The fourth-order valence-corrected chi connectivity index (χ4v) is 16.9. The first-order valence-corrected chi connectivity index (χ1v) is 38.6. The number of esters is 1. The molecular weight excluding hydrogens is 1430 g/mol. The Labute approximate surface area is 634 Å². The summed E-state index contributed by atoms with van der Waals surface area (Å²) in [5.41, 5.74) is 6.36. The lowest BCUT2D eigenvalue weighted by molar-refractivity contribution is -0.144. The van der Waals surface area contributed by atoms with Crippen LogP contribution < -0.4 is 26.0 Å². The number of rotatable bonds is 37. The molecule has 28 heteroatoms. The fraction of sp³-hybridized carbons (Fsp3) is 0.383. The topological polar surface area (TPSA) is 314 Å². The molecular formula is C81H88N10O16P2. The lowest BCUT2D eigenvalue weighted by Crippen LogP contribution is -2.38. The number of nitriles is 2. The Kier molecular flexibility index (Phi) is 26.8. The molecule has 0 bridgehead atoms. The Bertz CT molecular complexity index is 4700. The summed E-state index contributed by atoms with van der Waals surface area (Å²) < 4.78 is 76.8. The zero-order valence-electron chi connectivity index (χ0n) is 61.8. The van der Waals surface area contributed by atoms with E-state index in [1.54, 1.807) is 56.3 Å². The van der Waals surface area contributed by atoms with Gasteiger partial charge in [0.2, 0.25) is 0 Å². The smallest absolute Gasteiger partial charge is 0.333 e. The average Bonchev–Trinajstić information content (AvgIpc) is 1.49. The lowest BCUT2D eigenvalue weighted by atomic mass is 9.80. The van der Waals surface area contributed by atoms with Crippen LogP contribution in [-0.4, -0.2) is 135 Å². The summed E-state index contributed by atoms with van der Waals surface area (Å²) in [4.78, 5) is 82.5. The number of hydrogen-bond donors (Lipinski definition) is 2. The first kappa shape index (κ1) is 78.8. The van der Waals surface area contributed by atoms with Crippen molar-refractivity contribution in [3.63, 3.8) is 0 Å². The van der Waals surface area contributed by atoms with Gasteiger partial charge in [-0.15, -0.1) is 0 Å². The van der Waals surface area contributed by atoms with Crippen LogP contribution in [0.1, 0.15) is 147 Å². The second-order valence-corrected chi connectivity index (χ2v) is 29.7. The van der Waals surface area contributed by atoms with E-state index >= 15 is 0 Å². The fourth-order valence-electron chi connectivity index (χ4n) is 13.9. The highest BCUT2D eigenvalue weighted by molar-refractivity contribution is 7.44. The number of carbonyl (C=O) groups excluding carboxylic acids is 3. The van der Waals surface area contributed by atoms with E-state index in [-0.39, 0.29) is 125 Å². The third kappa shape index (κ3) is 18.8. The molecule has 2 saturated heterocycles. The lowest BCUT2D eigenvalue weighted by Gasteiger charge is -2.37. The van der Waals surface area contributed by atoms with Crippen molar-refractivity contribution in [1.82, 2.24) is 33.7 Å². The normalized spacial score (nSPS) is 18.1. The van der Waals surface area contributed by atoms with Crippen LogP contribution in [0, 0.1) is 29.6 Å². The number of benzene rings is 6. The Hall–Kier alpha value is -9.76. The minimum atomic E-state index is -2.42. The number of ketones is 1. The highest BCUT2D eigenvalue weighted by atomic mass is 31.2. The summed E-state index contributed by atoms with van der Waals surface area (Å²) in [5, 5.41) is 22.3. The number of imidazole rings is 1. The van der Waals surface area contributed by atoms with Crippen LogP contribution in [0.4, 0.5) is 5.82 Å². The molecule has 2 aliphatic heterocycles. The van der Waals surface area contributed by atoms with Crippen LogP contribution in [0.15, 0.2) is 180 Å². The highest BCUT2D eigenvalue weighted by Crippen LogP contribution is 2.53. The van der Waals surface area contributed by atoms with E-state index in [1.165, 1.54) is 17.1 Å². The summed E-state index contributed by atoms with van der Waals surface area (Å²) in [6.45, 7) is 9.52. The largest absolute Gasteiger partial charge is 0.497 e. The standard InChI is InChI=1S/C81H88N10O16P2/c1-52(2)91(53(3)4)108(101-42-16-40-82)106-68-44-72(89-46-54(5)78(94)88-80(89)96)105-71(68)49-103-109(102-43-17-41-83)107-69-45-73(104-70(69)48-100-81(57-18-9-8-10-19-57,58-31-36-61(97-6)37-32-58)59-33-38-62(98-7)39-34-59)90-51-86-75-76(84-50-85-77(75)90)87-79(95)56-29-26-55(27-30-56)28-35-60(92)20-15-25-74(93)99-47-67-65-23-13-11-21-63(65)64-22-12-14-24-66(64)67/h8-14,18-19,21-24,26-27,29-34,36-39,46,50-53,67-73H,15-17,20,25,28,35,42-45,47-49H2,1-7H3,(H,88,94,96)(H,84,85,87,95). The molecule has 26 nitrogen and oxygen atoms in total. The van der Waals surface area contributed by atoms with Crippen molar-refractivity contribution < 1.29 is 65.4 Å². The van der Waals surface area contributed by atoms with Gasteiger partial charge >= 0.3 is 20.3 Å². The van der Waals surface area contributed by atoms with E-state index < -0.39 is 76.8 Å². The zero-order valence-corrected chi connectivity index (χ0v) is 63.6. The molecule has 0 saturated carbocycles. The number of nitrogens with one attached hydrogen (secondary N) is 2.